The number of thiazole rings is 1. The summed E-state index contributed by atoms with van der Waals surface area (Å²) in [7, 11) is 1.76. The summed E-state index contributed by atoms with van der Waals surface area (Å²) < 4.78 is 6.26. The van der Waals surface area contributed by atoms with Gasteiger partial charge < -0.3 is 14.7 Å². The Morgan fingerprint density at radius 1 is 1.20 bits per heavy atom. The molecule has 2 saturated carbocycles. The van der Waals surface area contributed by atoms with Gasteiger partial charge in [-0.25, -0.2) is 9.78 Å². The minimum absolute atomic E-state index is 0.0338. The van der Waals surface area contributed by atoms with Crippen LogP contribution in [-0.4, -0.2) is 58.5 Å². The molecule has 9 heteroatoms. The Labute approximate surface area is 187 Å². The first kappa shape index (κ1) is 23.3. The van der Waals surface area contributed by atoms with E-state index in [1.807, 2.05) is 0 Å². The van der Waals surface area contributed by atoms with Crippen LogP contribution in [0.5, 0.6) is 0 Å². The van der Waals surface area contributed by atoms with Crippen molar-refractivity contribution in [2.24, 2.45) is 5.92 Å². The van der Waals surface area contributed by atoms with Crippen LogP contribution in [0, 0.1) is 5.92 Å². The van der Waals surface area contributed by atoms with Gasteiger partial charge in [-0.05, 0) is 44.4 Å². The zero-order valence-electron chi connectivity index (χ0n) is 17.7. The van der Waals surface area contributed by atoms with E-state index in [0.29, 0.717) is 22.8 Å². The molecule has 0 aliphatic heterocycles. The van der Waals surface area contributed by atoms with Gasteiger partial charge in [0.25, 0.3) is 0 Å². The monoisotopic (exact) mass is 455 g/mol. The molecule has 1 aromatic heterocycles. The van der Waals surface area contributed by atoms with Gasteiger partial charge in [-0.1, -0.05) is 30.6 Å². The van der Waals surface area contributed by atoms with E-state index >= 15 is 0 Å². The summed E-state index contributed by atoms with van der Waals surface area (Å²) in [5.41, 5.74) is 0. The van der Waals surface area contributed by atoms with E-state index in [0.717, 1.165) is 49.3 Å². The van der Waals surface area contributed by atoms with Crippen molar-refractivity contribution in [3.8, 4) is 0 Å². The van der Waals surface area contributed by atoms with E-state index in [1.54, 1.807) is 13.3 Å². The second kappa shape index (κ2) is 11.9. The summed E-state index contributed by atoms with van der Waals surface area (Å²) in [6.45, 7) is 0.809. The van der Waals surface area contributed by atoms with Crippen molar-refractivity contribution in [1.29, 1.82) is 0 Å². The largest absolute Gasteiger partial charge is 0.481 e. The number of amides is 2. The Hall–Kier alpha value is -1.32. The highest BCUT2D eigenvalue weighted by atomic mass is 32.2. The maximum Gasteiger partial charge on any atom is 0.324 e. The molecule has 1 heterocycles. The normalized spacial score (nSPS) is 22.6. The van der Waals surface area contributed by atoms with Crippen LogP contribution in [0.1, 0.15) is 64.2 Å². The van der Waals surface area contributed by atoms with Gasteiger partial charge in [-0.15, -0.1) is 11.8 Å². The van der Waals surface area contributed by atoms with Crippen LogP contribution < -0.4 is 5.32 Å². The fourth-order valence-corrected chi connectivity index (χ4v) is 6.46. The van der Waals surface area contributed by atoms with E-state index in [9.17, 15) is 9.59 Å². The van der Waals surface area contributed by atoms with Crippen molar-refractivity contribution in [3.05, 3.63) is 6.20 Å². The molecule has 1 aromatic rings. The minimum atomic E-state index is -0.802. The van der Waals surface area contributed by atoms with Gasteiger partial charge in [0.05, 0.1) is 16.8 Å². The maximum absolute atomic E-state index is 13.3. The number of nitrogens with one attached hydrogen (secondary N) is 1. The van der Waals surface area contributed by atoms with E-state index in [2.05, 4.69) is 15.2 Å². The molecular weight excluding hydrogens is 422 g/mol. The molecule has 30 heavy (non-hydrogen) atoms. The molecule has 7 nitrogen and oxygen atoms in total. The lowest BCUT2D eigenvalue weighted by Crippen LogP contribution is -2.51. The van der Waals surface area contributed by atoms with Crippen LogP contribution in [0.2, 0.25) is 0 Å². The zero-order chi connectivity index (χ0) is 21.3. The number of aromatic nitrogens is 1. The number of nitrogens with zero attached hydrogens (tertiary/aromatic N) is 2. The SMILES string of the molecule is COC[C@H]1CC[C@H](N(C(=O)Nc2ncc(SCCC(=O)O)s2)C2CCCCC2)CC1. The fraction of sp³-hybridized carbons (Fsp3) is 0.762. The first-order valence-electron chi connectivity index (χ1n) is 11.0. The number of methoxy groups -OCH3 is 1. The van der Waals surface area contributed by atoms with Crippen LogP contribution >= 0.6 is 23.1 Å². The Bertz CT molecular complexity index is 686. The van der Waals surface area contributed by atoms with Crippen molar-refractivity contribution < 1.29 is 19.4 Å². The van der Waals surface area contributed by atoms with Gasteiger partial charge in [0, 0.05) is 31.6 Å². The Morgan fingerprint density at radius 3 is 2.57 bits per heavy atom. The van der Waals surface area contributed by atoms with Gasteiger partial charge in [0.1, 0.15) is 0 Å². The molecule has 0 spiro atoms. The lowest BCUT2D eigenvalue weighted by atomic mass is 9.84. The molecule has 2 aliphatic carbocycles. The molecule has 0 aromatic carbocycles. The number of anilines is 1. The number of urea groups is 1. The first-order chi connectivity index (χ1) is 14.6. The molecular formula is C21H33N3O4S2. The summed E-state index contributed by atoms with van der Waals surface area (Å²) in [5, 5.41) is 12.4. The number of hydrogen-bond acceptors (Lipinski definition) is 6. The number of aliphatic carboxylic acids is 1. The summed E-state index contributed by atoms with van der Waals surface area (Å²) in [4.78, 5) is 30.4. The van der Waals surface area contributed by atoms with Gasteiger partial charge >= 0.3 is 12.0 Å². The minimum Gasteiger partial charge on any atom is -0.481 e. The molecule has 0 atom stereocenters. The second-order valence-corrected chi connectivity index (χ2v) is 10.7. The Morgan fingerprint density at radius 2 is 1.90 bits per heavy atom. The number of ether oxygens (including phenoxy) is 1. The van der Waals surface area contributed by atoms with Gasteiger partial charge in [0.2, 0.25) is 0 Å². The molecule has 2 fully saturated rings. The Balaban J connectivity index is 1.61. The number of thioether (sulfide) groups is 1. The fourth-order valence-electron chi connectivity index (χ4n) is 4.59. The average Bonchev–Trinajstić information content (AvgIpc) is 3.17. The van der Waals surface area contributed by atoms with Crippen LogP contribution in [0.3, 0.4) is 0 Å². The number of carbonyl (C=O) groups excluding carboxylic acids is 1. The number of carboxylic acid groups (broad SMARTS) is 1. The van der Waals surface area contributed by atoms with E-state index in [-0.39, 0.29) is 18.5 Å². The maximum atomic E-state index is 13.3. The molecule has 2 amide bonds. The Kier molecular flexibility index (Phi) is 9.27. The highest BCUT2D eigenvalue weighted by molar-refractivity contribution is 8.01. The highest BCUT2D eigenvalue weighted by Crippen LogP contribution is 2.34. The summed E-state index contributed by atoms with van der Waals surface area (Å²) in [6.07, 6.45) is 11.9. The predicted molar refractivity (Wildman–Crippen MR) is 120 cm³/mol. The quantitative estimate of drug-likeness (QED) is 0.505. The lowest BCUT2D eigenvalue weighted by Gasteiger charge is -2.42. The molecule has 0 saturated heterocycles. The van der Waals surface area contributed by atoms with Gasteiger partial charge in [-0.2, -0.15) is 0 Å². The first-order valence-corrected chi connectivity index (χ1v) is 12.8. The van der Waals surface area contributed by atoms with E-state index in [1.165, 1.54) is 42.4 Å². The van der Waals surface area contributed by atoms with E-state index in [4.69, 9.17) is 9.84 Å². The third-order valence-electron chi connectivity index (χ3n) is 6.07. The molecule has 168 valence electrons. The van der Waals surface area contributed by atoms with Gasteiger partial charge in [0.15, 0.2) is 5.13 Å². The standard InChI is InChI=1S/C21H33N3O4S2/c1-28-14-15-7-9-17(10-8-15)24(16-5-3-2-4-6-16)21(27)23-20-22-13-19(30-20)29-12-11-18(25)26/h13,15-17H,2-12,14H2,1H3,(H,25,26)(H,22,23,27)/t15-,17-. The number of hydrogen-bond donors (Lipinski definition) is 2. The summed E-state index contributed by atoms with van der Waals surface area (Å²) >= 11 is 2.88. The zero-order valence-corrected chi connectivity index (χ0v) is 19.3. The summed E-state index contributed by atoms with van der Waals surface area (Å²) in [5.74, 6) is 0.305. The van der Waals surface area contributed by atoms with Crippen molar-refractivity contribution in [1.82, 2.24) is 9.88 Å². The lowest BCUT2D eigenvalue weighted by molar-refractivity contribution is -0.136. The molecule has 0 unspecified atom stereocenters. The average molecular weight is 456 g/mol. The number of rotatable bonds is 9. The number of carbonyl (C=O) groups is 2. The predicted octanol–water partition coefficient (Wildman–Crippen LogP) is 5.08. The molecule has 2 aliphatic rings. The van der Waals surface area contributed by atoms with Crippen molar-refractivity contribution in [2.75, 3.05) is 24.8 Å². The number of carboxylic acids is 1. The summed E-state index contributed by atoms with van der Waals surface area (Å²) in [6, 6.07) is 0.561. The highest BCUT2D eigenvalue weighted by Gasteiger charge is 2.34. The van der Waals surface area contributed by atoms with Crippen molar-refractivity contribution in [3.63, 3.8) is 0 Å². The molecule has 3 rings (SSSR count). The molecule has 0 bridgehead atoms. The van der Waals surface area contributed by atoms with Crippen LogP contribution in [0.25, 0.3) is 0 Å². The van der Waals surface area contributed by atoms with Crippen molar-refractivity contribution >= 4 is 40.2 Å². The topological polar surface area (TPSA) is 91.8 Å². The van der Waals surface area contributed by atoms with Crippen LogP contribution in [-0.2, 0) is 9.53 Å². The molecule has 2 N–H and O–H groups in total. The van der Waals surface area contributed by atoms with Crippen molar-refractivity contribution in [2.45, 2.75) is 80.5 Å². The van der Waals surface area contributed by atoms with E-state index < -0.39 is 5.97 Å². The third kappa shape index (κ3) is 6.85. The van der Waals surface area contributed by atoms with Crippen LogP contribution in [0.4, 0.5) is 9.93 Å². The van der Waals surface area contributed by atoms with Crippen LogP contribution in [0.15, 0.2) is 10.4 Å². The van der Waals surface area contributed by atoms with Gasteiger partial charge in [-0.3, -0.25) is 10.1 Å². The smallest absolute Gasteiger partial charge is 0.324 e. The third-order valence-corrected chi connectivity index (χ3v) is 8.18. The second-order valence-electron chi connectivity index (χ2n) is 8.24. The molecule has 0 radical (unpaired) electrons.